The summed E-state index contributed by atoms with van der Waals surface area (Å²) in [6.45, 7) is 4.51. The second-order valence-electron chi connectivity index (χ2n) is 6.70. The van der Waals surface area contributed by atoms with Crippen molar-refractivity contribution in [2.45, 2.75) is 45.3 Å². The summed E-state index contributed by atoms with van der Waals surface area (Å²) < 4.78 is 4.35. The molecule has 130 valence electrons. The number of allylic oxidation sites excluding steroid dienone is 2. The molecular weight excluding hydrogens is 308 g/mol. The van der Waals surface area contributed by atoms with Crippen molar-refractivity contribution < 1.29 is 0 Å². The molecule has 0 bridgehead atoms. The smallest absolute Gasteiger partial charge is 0.332 e. The Hall–Kier alpha value is -2.35. The molecule has 0 spiro atoms. The van der Waals surface area contributed by atoms with Crippen molar-refractivity contribution in [2.24, 2.45) is 19.8 Å². The SMILES string of the molecule is CC(C)=CCn1c(NC2CCC2N)nc2c1c(=O)n(C)c(=O)n2C. The molecule has 2 unspecified atom stereocenters. The first kappa shape index (κ1) is 16.5. The first-order chi connectivity index (χ1) is 11.3. The van der Waals surface area contributed by atoms with Crippen LogP contribution in [0.15, 0.2) is 21.2 Å². The lowest BCUT2D eigenvalue weighted by atomic mass is 9.87. The molecule has 2 aromatic rings. The summed E-state index contributed by atoms with van der Waals surface area (Å²) >= 11 is 0. The van der Waals surface area contributed by atoms with Crippen LogP contribution in [0.25, 0.3) is 11.2 Å². The van der Waals surface area contributed by atoms with E-state index < -0.39 is 0 Å². The third kappa shape index (κ3) is 2.56. The predicted octanol–water partition coefficient (Wildman–Crippen LogP) is 0.302. The van der Waals surface area contributed by atoms with Gasteiger partial charge in [0, 0.05) is 32.7 Å². The van der Waals surface area contributed by atoms with Crippen LogP contribution >= 0.6 is 0 Å². The van der Waals surface area contributed by atoms with Gasteiger partial charge in [0.05, 0.1) is 0 Å². The number of anilines is 1. The minimum Gasteiger partial charge on any atom is -0.351 e. The van der Waals surface area contributed by atoms with Crippen LogP contribution in [0, 0.1) is 0 Å². The second kappa shape index (κ2) is 5.94. The van der Waals surface area contributed by atoms with E-state index in [0.29, 0.717) is 23.7 Å². The topological polar surface area (TPSA) is 99.9 Å². The van der Waals surface area contributed by atoms with E-state index in [1.807, 2.05) is 24.5 Å². The summed E-state index contributed by atoms with van der Waals surface area (Å²) in [6, 6.07) is 0.238. The number of rotatable bonds is 4. The van der Waals surface area contributed by atoms with Crippen LogP contribution in [0.4, 0.5) is 5.95 Å². The highest BCUT2D eigenvalue weighted by atomic mass is 16.2. The van der Waals surface area contributed by atoms with Crippen molar-refractivity contribution in [3.05, 3.63) is 32.5 Å². The van der Waals surface area contributed by atoms with Gasteiger partial charge in [-0.3, -0.25) is 13.9 Å². The van der Waals surface area contributed by atoms with Crippen molar-refractivity contribution in [1.29, 1.82) is 0 Å². The molecule has 2 heterocycles. The number of nitrogens with zero attached hydrogens (tertiary/aromatic N) is 4. The highest BCUT2D eigenvalue weighted by Crippen LogP contribution is 2.24. The molecule has 2 atom stereocenters. The lowest BCUT2D eigenvalue weighted by Gasteiger charge is -2.34. The monoisotopic (exact) mass is 332 g/mol. The fourth-order valence-electron chi connectivity index (χ4n) is 2.88. The highest BCUT2D eigenvalue weighted by Gasteiger charge is 2.29. The molecule has 8 nitrogen and oxygen atoms in total. The Morgan fingerprint density at radius 3 is 2.54 bits per heavy atom. The molecule has 8 heteroatoms. The number of aryl methyl sites for hydroxylation is 1. The van der Waals surface area contributed by atoms with E-state index in [0.717, 1.165) is 23.0 Å². The number of fused-ring (bicyclic) bond motifs is 1. The maximum absolute atomic E-state index is 12.6. The Morgan fingerprint density at radius 1 is 1.29 bits per heavy atom. The Balaban J connectivity index is 2.22. The van der Waals surface area contributed by atoms with Crippen molar-refractivity contribution in [3.63, 3.8) is 0 Å². The molecule has 0 radical (unpaired) electrons. The molecule has 0 aliphatic heterocycles. The Morgan fingerprint density at radius 2 is 2.00 bits per heavy atom. The van der Waals surface area contributed by atoms with E-state index in [1.54, 1.807) is 7.05 Å². The minimum absolute atomic E-state index is 0.0911. The highest BCUT2D eigenvalue weighted by molar-refractivity contribution is 5.74. The summed E-state index contributed by atoms with van der Waals surface area (Å²) in [5.41, 5.74) is 7.25. The van der Waals surface area contributed by atoms with Crippen LogP contribution in [-0.2, 0) is 20.6 Å². The van der Waals surface area contributed by atoms with E-state index in [2.05, 4.69) is 10.3 Å². The molecule has 3 N–H and O–H groups in total. The van der Waals surface area contributed by atoms with E-state index >= 15 is 0 Å². The molecule has 1 saturated carbocycles. The molecule has 0 aromatic carbocycles. The number of nitrogens with two attached hydrogens (primary N) is 1. The number of hydrogen-bond donors (Lipinski definition) is 2. The van der Waals surface area contributed by atoms with Gasteiger partial charge in [-0.05, 0) is 26.7 Å². The maximum Gasteiger partial charge on any atom is 0.332 e. The molecular formula is C16H24N6O2. The number of hydrogen-bond acceptors (Lipinski definition) is 5. The Labute approximate surface area is 139 Å². The summed E-state index contributed by atoms with van der Waals surface area (Å²) in [7, 11) is 3.11. The van der Waals surface area contributed by atoms with Crippen molar-refractivity contribution in [2.75, 3.05) is 5.32 Å². The molecule has 24 heavy (non-hydrogen) atoms. The van der Waals surface area contributed by atoms with E-state index in [4.69, 9.17) is 5.73 Å². The van der Waals surface area contributed by atoms with Crippen LogP contribution in [0.2, 0.25) is 0 Å². The quantitative estimate of drug-likeness (QED) is 0.785. The van der Waals surface area contributed by atoms with Crippen molar-refractivity contribution >= 4 is 17.1 Å². The zero-order valence-electron chi connectivity index (χ0n) is 14.5. The summed E-state index contributed by atoms with van der Waals surface area (Å²) in [5, 5.41) is 3.34. The minimum atomic E-state index is -0.383. The van der Waals surface area contributed by atoms with Crippen LogP contribution in [0.1, 0.15) is 26.7 Å². The molecule has 0 amide bonds. The standard InChI is InChI=1S/C16H24N6O2/c1-9(2)7-8-22-12-13(20(3)16(24)21(4)14(12)23)19-15(22)18-11-6-5-10(11)17/h7,10-11H,5-6,8,17H2,1-4H3,(H,18,19). The lowest BCUT2D eigenvalue weighted by Crippen LogP contribution is -2.49. The van der Waals surface area contributed by atoms with Gasteiger partial charge in [0.15, 0.2) is 11.2 Å². The predicted molar refractivity (Wildman–Crippen MR) is 94.3 cm³/mol. The summed E-state index contributed by atoms with van der Waals surface area (Å²) in [4.78, 5) is 29.3. The van der Waals surface area contributed by atoms with Gasteiger partial charge >= 0.3 is 5.69 Å². The van der Waals surface area contributed by atoms with Gasteiger partial charge in [0.25, 0.3) is 5.56 Å². The zero-order chi connectivity index (χ0) is 17.6. The van der Waals surface area contributed by atoms with Gasteiger partial charge in [-0.2, -0.15) is 4.98 Å². The average molecular weight is 332 g/mol. The molecule has 1 fully saturated rings. The summed E-state index contributed by atoms with van der Waals surface area (Å²) in [5.74, 6) is 0.584. The molecule has 1 aliphatic carbocycles. The molecule has 2 aromatic heterocycles. The van der Waals surface area contributed by atoms with Gasteiger partial charge in [-0.25, -0.2) is 4.79 Å². The normalized spacial score (nSPS) is 20.0. The van der Waals surface area contributed by atoms with Crippen LogP contribution in [0.5, 0.6) is 0 Å². The third-order valence-electron chi connectivity index (χ3n) is 4.67. The fourth-order valence-corrected chi connectivity index (χ4v) is 2.88. The second-order valence-corrected chi connectivity index (χ2v) is 6.70. The van der Waals surface area contributed by atoms with Crippen LogP contribution in [0.3, 0.4) is 0 Å². The fraction of sp³-hybridized carbons (Fsp3) is 0.562. The Bertz CT molecular complexity index is 929. The zero-order valence-corrected chi connectivity index (χ0v) is 14.5. The van der Waals surface area contributed by atoms with Gasteiger partial charge in [0.1, 0.15) is 0 Å². The van der Waals surface area contributed by atoms with E-state index in [-0.39, 0.29) is 23.3 Å². The van der Waals surface area contributed by atoms with Gasteiger partial charge in [-0.15, -0.1) is 0 Å². The lowest BCUT2D eigenvalue weighted by molar-refractivity contribution is 0.367. The molecule has 3 rings (SSSR count). The van der Waals surface area contributed by atoms with Gasteiger partial charge < -0.3 is 15.6 Å². The number of nitrogens with one attached hydrogen (secondary N) is 1. The summed E-state index contributed by atoms with van der Waals surface area (Å²) in [6.07, 6.45) is 3.98. The van der Waals surface area contributed by atoms with Gasteiger partial charge in [-0.1, -0.05) is 11.6 Å². The molecule has 0 saturated heterocycles. The van der Waals surface area contributed by atoms with Crippen LogP contribution < -0.4 is 22.3 Å². The largest absolute Gasteiger partial charge is 0.351 e. The van der Waals surface area contributed by atoms with Crippen LogP contribution in [-0.4, -0.2) is 30.8 Å². The van der Waals surface area contributed by atoms with E-state index in [9.17, 15) is 9.59 Å². The maximum atomic E-state index is 12.6. The first-order valence-corrected chi connectivity index (χ1v) is 8.13. The van der Waals surface area contributed by atoms with E-state index in [1.165, 1.54) is 11.6 Å². The Kier molecular flexibility index (Phi) is 4.08. The average Bonchev–Trinajstić information content (AvgIpc) is 2.91. The third-order valence-corrected chi connectivity index (χ3v) is 4.67. The van der Waals surface area contributed by atoms with Crippen molar-refractivity contribution in [1.82, 2.24) is 18.7 Å². The molecule has 1 aliphatic rings. The number of aromatic nitrogens is 4. The first-order valence-electron chi connectivity index (χ1n) is 8.13. The van der Waals surface area contributed by atoms with Crippen molar-refractivity contribution in [3.8, 4) is 0 Å². The number of imidazole rings is 1. The van der Waals surface area contributed by atoms with Gasteiger partial charge in [0.2, 0.25) is 5.95 Å².